The van der Waals surface area contributed by atoms with Crippen LogP contribution in [0, 0.1) is 11.3 Å². The molecule has 0 N–H and O–H groups in total. The van der Waals surface area contributed by atoms with E-state index in [1.807, 2.05) is 24.3 Å². The third-order valence-electron chi connectivity index (χ3n) is 5.28. The van der Waals surface area contributed by atoms with Gasteiger partial charge in [-0.1, -0.05) is 54.6 Å². The molecule has 0 aromatic heterocycles. The maximum absolute atomic E-state index is 12.9. The Labute approximate surface area is 174 Å². The largest absolute Gasteiger partial charge is 0.344 e. The normalized spacial score (nSPS) is 19.5. The Morgan fingerprint density at radius 2 is 1.89 bits per heavy atom. The summed E-state index contributed by atoms with van der Waals surface area (Å²) in [6, 6.07) is 18.3. The Morgan fingerprint density at radius 3 is 2.54 bits per heavy atom. The molecule has 0 bridgehead atoms. The van der Waals surface area contributed by atoms with Crippen molar-refractivity contribution in [2.24, 2.45) is 0 Å². The first kappa shape index (κ1) is 18.9. The number of amides is 1. The Hall–Kier alpha value is -2.42. The second kappa shape index (κ2) is 7.90. The van der Waals surface area contributed by atoms with Crippen LogP contribution in [0.25, 0.3) is 0 Å². The van der Waals surface area contributed by atoms with Gasteiger partial charge < -0.3 is 4.90 Å². The number of hydrogen-bond donors (Lipinski definition) is 0. The minimum absolute atomic E-state index is 0.0522. The van der Waals surface area contributed by atoms with Gasteiger partial charge in [-0.05, 0) is 41.8 Å². The van der Waals surface area contributed by atoms with Gasteiger partial charge >= 0.3 is 0 Å². The van der Waals surface area contributed by atoms with Crippen LogP contribution in [0.5, 0.6) is 0 Å². The second-order valence-corrected chi connectivity index (χ2v) is 8.31. The van der Waals surface area contributed by atoms with Crippen LogP contribution in [0.3, 0.4) is 0 Å². The molecule has 28 heavy (non-hydrogen) atoms. The average molecular weight is 410 g/mol. The number of nitriles is 1. The summed E-state index contributed by atoms with van der Waals surface area (Å²) in [6.45, 7) is 2.61. The molecule has 2 aliphatic rings. The molecule has 142 valence electrons. The fraction of sp³-hybridized carbons (Fsp3) is 0.273. The van der Waals surface area contributed by atoms with E-state index in [1.165, 1.54) is 5.56 Å². The van der Waals surface area contributed by atoms with Crippen molar-refractivity contribution in [3.8, 4) is 6.07 Å². The number of halogens is 1. The SMILES string of the molecule is CCc1ccc(N2CSC3=C(C#N)C(c4ccc(Cl)cc4)CC(=O)N3C2)cc1. The number of allylic oxidation sites excluding steroid dienone is 1. The van der Waals surface area contributed by atoms with Crippen molar-refractivity contribution in [2.75, 3.05) is 17.4 Å². The zero-order valence-corrected chi connectivity index (χ0v) is 17.1. The number of hydrogen-bond acceptors (Lipinski definition) is 4. The summed E-state index contributed by atoms with van der Waals surface area (Å²) in [4.78, 5) is 16.9. The van der Waals surface area contributed by atoms with Gasteiger partial charge in [0, 0.05) is 23.0 Å². The number of benzene rings is 2. The van der Waals surface area contributed by atoms with E-state index < -0.39 is 0 Å². The summed E-state index contributed by atoms with van der Waals surface area (Å²) >= 11 is 7.55. The molecule has 1 fully saturated rings. The number of fused-ring (bicyclic) bond motifs is 1. The first-order chi connectivity index (χ1) is 13.6. The molecular weight excluding hydrogens is 390 g/mol. The topological polar surface area (TPSA) is 47.3 Å². The third kappa shape index (κ3) is 3.50. The first-order valence-electron chi connectivity index (χ1n) is 9.27. The molecule has 2 aromatic rings. The molecule has 6 heteroatoms. The summed E-state index contributed by atoms with van der Waals surface area (Å²) in [5.74, 6) is 0.559. The lowest BCUT2D eigenvalue weighted by molar-refractivity contribution is -0.129. The molecule has 1 atom stereocenters. The number of carbonyl (C=O) groups excluding carboxylic acids is 1. The van der Waals surface area contributed by atoms with Crippen LogP contribution in [-0.4, -0.2) is 23.4 Å². The quantitative estimate of drug-likeness (QED) is 0.705. The van der Waals surface area contributed by atoms with Gasteiger partial charge in [0.05, 0.1) is 29.2 Å². The van der Waals surface area contributed by atoms with Crippen molar-refractivity contribution in [3.63, 3.8) is 0 Å². The molecule has 0 saturated carbocycles. The number of rotatable bonds is 3. The number of thioether (sulfide) groups is 1. The maximum atomic E-state index is 12.9. The van der Waals surface area contributed by atoms with Gasteiger partial charge in [0.15, 0.2) is 0 Å². The standard InChI is InChI=1S/C22H20ClN3OS/c1-2-15-3-9-18(10-4-15)25-13-26-21(27)11-19(16-5-7-17(23)8-6-16)20(12-24)22(26)28-14-25/h3-10,19H,2,11,13-14H2,1H3. The molecule has 0 aliphatic carbocycles. The summed E-state index contributed by atoms with van der Waals surface area (Å²) < 4.78 is 0. The van der Waals surface area contributed by atoms with Crippen LogP contribution in [0.2, 0.25) is 5.02 Å². The van der Waals surface area contributed by atoms with Crippen LogP contribution < -0.4 is 4.90 Å². The first-order valence-corrected chi connectivity index (χ1v) is 10.6. The van der Waals surface area contributed by atoms with E-state index in [1.54, 1.807) is 16.7 Å². The van der Waals surface area contributed by atoms with Crippen molar-refractivity contribution in [1.82, 2.24) is 4.90 Å². The van der Waals surface area contributed by atoms with E-state index in [0.29, 0.717) is 29.6 Å². The highest BCUT2D eigenvalue weighted by Crippen LogP contribution is 2.43. The van der Waals surface area contributed by atoms with Crippen LogP contribution in [0.4, 0.5) is 5.69 Å². The lowest BCUT2D eigenvalue weighted by Gasteiger charge is -2.42. The zero-order chi connectivity index (χ0) is 19.7. The van der Waals surface area contributed by atoms with E-state index in [9.17, 15) is 10.1 Å². The summed E-state index contributed by atoms with van der Waals surface area (Å²) in [7, 11) is 0. The molecule has 1 saturated heterocycles. The minimum Gasteiger partial charge on any atom is -0.344 e. The predicted molar refractivity (Wildman–Crippen MR) is 114 cm³/mol. The molecule has 1 amide bonds. The van der Waals surface area contributed by atoms with Crippen molar-refractivity contribution in [3.05, 3.63) is 75.3 Å². The number of nitrogens with zero attached hydrogens (tertiary/aromatic N) is 3. The molecule has 0 spiro atoms. The van der Waals surface area contributed by atoms with Crippen LogP contribution in [0.1, 0.15) is 30.4 Å². The van der Waals surface area contributed by atoms with E-state index in [2.05, 4.69) is 42.2 Å². The fourth-order valence-corrected chi connectivity index (χ4v) is 4.94. The maximum Gasteiger partial charge on any atom is 0.229 e. The van der Waals surface area contributed by atoms with Gasteiger partial charge in [-0.15, -0.1) is 0 Å². The Kier molecular flexibility index (Phi) is 5.34. The highest BCUT2D eigenvalue weighted by atomic mass is 35.5. The second-order valence-electron chi connectivity index (χ2n) is 6.94. The van der Waals surface area contributed by atoms with Crippen LogP contribution >= 0.6 is 23.4 Å². The van der Waals surface area contributed by atoms with E-state index in [-0.39, 0.29) is 11.8 Å². The van der Waals surface area contributed by atoms with Gasteiger partial charge in [0.2, 0.25) is 5.91 Å². The van der Waals surface area contributed by atoms with Crippen molar-refractivity contribution in [1.29, 1.82) is 5.26 Å². The number of anilines is 1. The van der Waals surface area contributed by atoms with Crippen LogP contribution in [-0.2, 0) is 11.2 Å². The molecule has 2 aliphatic heterocycles. The van der Waals surface area contributed by atoms with Gasteiger partial charge in [-0.25, -0.2) is 0 Å². The molecule has 1 unspecified atom stereocenters. The smallest absolute Gasteiger partial charge is 0.229 e. The predicted octanol–water partition coefficient (Wildman–Crippen LogP) is 5.12. The Balaban J connectivity index is 1.62. The van der Waals surface area contributed by atoms with E-state index in [4.69, 9.17) is 11.6 Å². The summed E-state index contributed by atoms with van der Waals surface area (Å²) in [5.41, 5.74) is 4.02. The molecule has 4 nitrogen and oxygen atoms in total. The van der Waals surface area contributed by atoms with Crippen molar-refractivity contribution < 1.29 is 4.79 Å². The fourth-order valence-electron chi connectivity index (χ4n) is 3.65. The minimum atomic E-state index is -0.205. The molecule has 2 heterocycles. The lowest BCUT2D eigenvalue weighted by atomic mass is 9.86. The Bertz CT molecular complexity index is 963. The van der Waals surface area contributed by atoms with Crippen molar-refractivity contribution in [2.45, 2.75) is 25.7 Å². The highest BCUT2D eigenvalue weighted by molar-refractivity contribution is 8.03. The van der Waals surface area contributed by atoms with Gasteiger partial charge in [-0.3, -0.25) is 9.69 Å². The highest BCUT2D eigenvalue weighted by Gasteiger charge is 2.38. The third-order valence-corrected chi connectivity index (χ3v) is 6.68. The number of carbonyl (C=O) groups is 1. The van der Waals surface area contributed by atoms with E-state index in [0.717, 1.165) is 22.7 Å². The average Bonchev–Trinajstić information content (AvgIpc) is 2.74. The lowest BCUT2D eigenvalue weighted by Crippen LogP contribution is -2.47. The van der Waals surface area contributed by atoms with E-state index >= 15 is 0 Å². The molecule has 0 radical (unpaired) electrons. The monoisotopic (exact) mass is 409 g/mol. The van der Waals surface area contributed by atoms with Gasteiger partial charge in [-0.2, -0.15) is 5.26 Å². The van der Waals surface area contributed by atoms with Crippen molar-refractivity contribution >= 4 is 35.0 Å². The molecule has 2 aromatic carbocycles. The molecular formula is C22H20ClN3OS. The molecule has 4 rings (SSSR count). The number of aryl methyl sites for hydroxylation is 1. The van der Waals surface area contributed by atoms with Gasteiger partial charge in [0.25, 0.3) is 0 Å². The van der Waals surface area contributed by atoms with Crippen LogP contribution in [0.15, 0.2) is 59.1 Å². The van der Waals surface area contributed by atoms with Gasteiger partial charge in [0.1, 0.15) is 0 Å². The summed E-state index contributed by atoms with van der Waals surface area (Å²) in [5, 5.41) is 11.3. The summed E-state index contributed by atoms with van der Waals surface area (Å²) in [6.07, 6.45) is 1.31. The Morgan fingerprint density at radius 1 is 1.18 bits per heavy atom. The zero-order valence-electron chi connectivity index (χ0n) is 15.6.